The monoisotopic (exact) mass is 492 g/mol. The Morgan fingerprint density at radius 3 is 2.56 bits per heavy atom. The van der Waals surface area contributed by atoms with Gasteiger partial charge in [0.25, 0.3) is 0 Å². The van der Waals surface area contributed by atoms with Gasteiger partial charge in [0.2, 0.25) is 5.91 Å². The van der Waals surface area contributed by atoms with Crippen molar-refractivity contribution >= 4 is 5.91 Å². The molecule has 0 bridgehead atoms. The molecule has 0 unspecified atom stereocenters. The Bertz CT molecular complexity index is 1050. The van der Waals surface area contributed by atoms with Crippen molar-refractivity contribution in [1.29, 1.82) is 0 Å². The summed E-state index contributed by atoms with van der Waals surface area (Å²) in [6.45, 7) is 3.08. The Hall–Kier alpha value is -2.73. The van der Waals surface area contributed by atoms with Gasteiger partial charge in [-0.1, -0.05) is 25.0 Å². The number of amides is 1. The third-order valence-corrected chi connectivity index (χ3v) is 8.09. The number of hydrogen-bond donors (Lipinski definition) is 1. The van der Waals surface area contributed by atoms with Crippen molar-refractivity contribution in [3.05, 3.63) is 53.1 Å². The first-order valence-corrected chi connectivity index (χ1v) is 13.6. The van der Waals surface area contributed by atoms with Crippen molar-refractivity contribution in [2.75, 3.05) is 33.9 Å². The number of aryl methyl sites for hydroxylation is 2. The molecule has 1 aliphatic heterocycles. The topological polar surface area (TPSA) is 60.0 Å². The van der Waals surface area contributed by atoms with Crippen molar-refractivity contribution in [3.63, 3.8) is 0 Å². The molecule has 2 aliphatic carbocycles. The molecule has 2 aromatic rings. The molecule has 0 aromatic heterocycles. The zero-order chi connectivity index (χ0) is 24.9. The summed E-state index contributed by atoms with van der Waals surface area (Å²) in [6, 6.07) is 13.0. The Morgan fingerprint density at radius 1 is 0.944 bits per heavy atom. The number of nitrogens with one attached hydrogen (secondary N) is 1. The van der Waals surface area contributed by atoms with Gasteiger partial charge in [-0.15, -0.1) is 0 Å². The van der Waals surface area contributed by atoms with Crippen LogP contribution in [0.3, 0.4) is 0 Å². The molecule has 1 N–H and O–H groups in total. The van der Waals surface area contributed by atoms with E-state index in [2.05, 4.69) is 34.5 Å². The zero-order valence-corrected chi connectivity index (χ0v) is 21.8. The van der Waals surface area contributed by atoms with Crippen LogP contribution in [0.1, 0.15) is 55.2 Å². The van der Waals surface area contributed by atoms with E-state index >= 15 is 0 Å². The van der Waals surface area contributed by atoms with Crippen molar-refractivity contribution < 1.29 is 19.0 Å². The van der Waals surface area contributed by atoms with Gasteiger partial charge in [-0.25, -0.2) is 0 Å². The smallest absolute Gasteiger partial charge is 0.224 e. The van der Waals surface area contributed by atoms with E-state index in [1.54, 1.807) is 14.2 Å². The molecule has 36 heavy (non-hydrogen) atoms. The van der Waals surface area contributed by atoms with Gasteiger partial charge in [0.1, 0.15) is 5.75 Å². The maximum absolute atomic E-state index is 13.3. The first kappa shape index (κ1) is 24.9. The second-order valence-corrected chi connectivity index (χ2v) is 10.8. The van der Waals surface area contributed by atoms with Crippen LogP contribution in [0.4, 0.5) is 0 Å². The molecule has 6 nitrogen and oxygen atoms in total. The second-order valence-electron chi connectivity index (χ2n) is 10.8. The number of hydrogen-bond acceptors (Lipinski definition) is 5. The number of ether oxygens (including phenoxy) is 3. The molecule has 2 fully saturated rings. The highest BCUT2D eigenvalue weighted by atomic mass is 16.5. The fourth-order valence-electron chi connectivity index (χ4n) is 6.22. The summed E-state index contributed by atoms with van der Waals surface area (Å²) in [5.74, 6) is 2.91. The standard InChI is InChI=1S/C30H40N2O4/c1-34-28-13-10-21(15-29(28)35-2)17-32-18-22(14-25(19-32)30(33)31-26-8-3-4-9-26)20-36-27-12-11-23-6-5-7-24(23)16-27/h10-13,15-16,22,25-26H,3-9,14,17-20H2,1-2H3,(H,31,33)/t22-,25+/m0/s1. The fraction of sp³-hybridized carbons (Fsp3) is 0.567. The normalized spacial score (nSPS) is 22.3. The van der Waals surface area contributed by atoms with Gasteiger partial charge in [0, 0.05) is 31.6 Å². The molecule has 0 spiro atoms. The molecule has 0 radical (unpaired) electrons. The lowest BCUT2D eigenvalue weighted by atomic mass is 9.88. The molecule has 2 aromatic carbocycles. The van der Waals surface area contributed by atoms with E-state index in [1.807, 2.05) is 12.1 Å². The number of likely N-dealkylation sites (tertiary alicyclic amines) is 1. The Kier molecular flexibility index (Phi) is 8.00. The van der Waals surface area contributed by atoms with E-state index in [4.69, 9.17) is 14.2 Å². The number of carbonyl (C=O) groups excluding carboxylic acids is 1. The zero-order valence-electron chi connectivity index (χ0n) is 21.8. The lowest BCUT2D eigenvalue weighted by molar-refractivity contribution is -0.128. The summed E-state index contributed by atoms with van der Waals surface area (Å²) in [4.78, 5) is 15.7. The van der Waals surface area contributed by atoms with E-state index < -0.39 is 0 Å². The van der Waals surface area contributed by atoms with Crippen LogP contribution in [0, 0.1) is 11.8 Å². The van der Waals surface area contributed by atoms with E-state index in [9.17, 15) is 4.79 Å². The lowest BCUT2D eigenvalue weighted by Gasteiger charge is -2.37. The lowest BCUT2D eigenvalue weighted by Crippen LogP contribution is -2.48. The molecule has 6 heteroatoms. The summed E-state index contributed by atoms with van der Waals surface area (Å²) < 4.78 is 17.2. The van der Waals surface area contributed by atoms with Crippen molar-refractivity contribution in [1.82, 2.24) is 10.2 Å². The summed E-state index contributed by atoms with van der Waals surface area (Å²) in [7, 11) is 3.32. The summed E-state index contributed by atoms with van der Waals surface area (Å²) in [6.07, 6.45) is 9.10. The second kappa shape index (κ2) is 11.5. The number of nitrogens with zero attached hydrogens (tertiary/aromatic N) is 1. The fourth-order valence-corrected chi connectivity index (χ4v) is 6.22. The molecule has 5 rings (SSSR count). The van der Waals surface area contributed by atoms with E-state index in [1.165, 1.54) is 36.8 Å². The predicted molar refractivity (Wildman–Crippen MR) is 141 cm³/mol. The van der Waals surface area contributed by atoms with Gasteiger partial charge in [-0.05, 0) is 79.5 Å². The van der Waals surface area contributed by atoms with Crippen molar-refractivity contribution in [2.45, 2.75) is 64.0 Å². The van der Waals surface area contributed by atoms with E-state index in [0.29, 0.717) is 18.6 Å². The number of piperidine rings is 1. The average Bonchev–Trinajstić information content (AvgIpc) is 3.59. The van der Waals surface area contributed by atoms with Crippen LogP contribution in [-0.2, 0) is 24.2 Å². The number of benzene rings is 2. The van der Waals surface area contributed by atoms with Crippen molar-refractivity contribution in [2.24, 2.45) is 11.8 Å². The third-order valence-electron chi connectivity index (χ3n) is 8.09. The van der Waals surface area contributed by atoms with Gasteiger partial charge in [0.05, 0.1) is 26.7 Å². The minimum atomic E-state index is -0.0203. The first-order valence-electron chi connectivity index (χ1n) is 13.6. The molecular weight excluding hydrogens is 452 g/mol. The van der Waals surface area contributed by atoms with Gasteiger partial charge in [-0.2, -0.15) is 0 Å². The molecule has 194 valence electrons. The van der Waals surface area contributed by atoms with E-state index in [-0.39, 0.29) is 11.8 Å². The van der Waals surface area contributed by atoms with Crippen LogP contribution in [-0.4, -0.2) is 50.8 Å². The van der Waals surface area contributed by atoms with Crippen LogP contribution >= 0.6 is 0 Å². The Morgan fingerprint density at radius 2 is 1.75 bits per heavy atom. The number of methoxy groups -OCH3 is 2. The van der Waals surface area contributed by atoms with Gasteiger partial charge >= 0.3 is 0 Å². The quantitative estimate of drug-likeness (QED) is 0.547. The Balaban J connectivity index is 1.26. The third kappa shape index (κ3) is 5.97. The molecular formula is C30H40N2O4. The molecule has 1 saturated carbocycles. The van der Waals surface area contributed by atoms with Crippen molar-refractivity contribution in [3.8, 4) is 17.2 Å². The number of carbonyl (C=O) groups is 1. The van der Waals surface area contributed by atoms with Gasteiger partial charge < -0.3 is 19.5 Å². The first-order chi connectivity index (χ1) is 17.6. The largest absolute Gasteiger partial charge is 0.493 e. The minimum absolute atomic E-state index is 0.0203. The highest BCUT2D eigenvalue weighted by Crippen LogP contribution is 2.31. The maximum atomic E-state index is 13.3. The van der Waals surface area contributed by atoms with E-state index in [0.717, 1.165) is 68.1 Å². The summed E-state index contributed by atoms with van der Waals surface area (Å²) in [5, 5.41) is 3.35. The number of fused-ring (bicyclic) bond motifs is 1. The Labute approximate surface area is 215 Å². The molecule has 2 atom stereocenters. The van der Waals surface area contributed by atoms with Crippen LogP contribution in [0.25, 0.3) is 0 Å². The molecule has 1 saturated heterocycles. The van der Waals surface area contributed by atoms with Gasteiger partial charge in [0.15, 0.2) is 11.5 Å². The maximum Gasteiger partial charge on any atom is 0.224 e. The highest BCUT2D eigenvalue weighted by Gasteiger charge is 2.33. The average molecular weight is 493 g/mol. The SMILES string of the molecule is COc1ccc(CN2C[C@@H](COc3ccc4c(c3)CCC4)C[C@@H](C(=O)NC3CCCC3)C2)cc1OC. The van der Waals surface area contributed by atoms with Crippen LogP contribution < -0.4 is 19.5 Å². The minimum Gasteiger partial charge on any atom is -0.493 e. The van der Waals surface area contributed by atoms with Gasteiger partial charge in [-0.3, -0.25) is 9.69 Å². The van der Waals surface area contributed by atoms with Crippen LogP contribution in [0.15, 0.2) is 36.4 Å². The molecule has 1 heterocycles. The van der Waals surface area contributed by atoms with Crippen LogP contribution in [0.2, 0.25) is 0 Å². The predicted octanol–water partition coefficient (Wildman–Crippen LogP) is 4.77. The summed E-state index contributed by atoms with van der Waals surface area (Å²) in [5.41, 5.74) is 4.05. The van der Waals surface area contributed by atoms with Crippen LogP contribution in [0.5, 0.6) is 17.2 Å². The highest BCUT2D eigenvalue weighted by molar-refractivity contribution is 5.79. The molecule has 1 amide bonds. The molecule has 3 aliphatic rings. The number of rotatable bonds is 9. The summed E-state index contributed by atoms with van der Waals surface area (Å²) >= 11 is 0.